The fraction of sp³-hybridized carbons (Fsp3) is 0.0714. The van der Waals surface area contributed by atoms with Crippen molar-refractivity contribution >= 4 is 11.0 Å². The first-order valence-electron chi connectivity index (χ1n) is 5.67. The average Bonchev–Trinajstić information content (AvgIpc) is 2.40. The van der Waals surface area contributed by atoms with Crippen LogP contribution in [0.2, 0.25) is 0 Å². The minimum atomic E-state index is -0.0863. The van der Waals surface area contributed by atoms with Crippen molar-refractivity contribution in [2.45, 2.75) is 6.92 Å². The van der Waals surface area contributed by atoms with Crippen molar-refractivity contribution in [3.05, 3.63) is 64.8 Å². The first-order chi connectivity index (χ1) is 8.77. The topological polar surface area (TPSA) is 47.8 Å². The third kappa shape index (κ3) is 1.59. The lowest BCUT2D eigenvalue weighted by Crippen LogP contribution is -2.22. The molecule has 0 aliphatic heterocycles. The second-order valence-electron chi connectivity index (χ2n) is 4.01. The van der Waals surface area contributed by atoms with Crippen LogP contribution in [0.4, 0.5) is 0 Å². The molecule has 4 nitrogen and oxygen atoms in total. The Bertz CT molecular complexity index is 763. The van der Waals surface area contributed by atoms with Gasteiger partial charge in [-0.25, -0.2) is 9.97 Å². The Morgan fingerprint density at radius 2 is 1.83 bits per heavy atom. The van der Waals surface area contributed by atoms with Crippen LogP contribution in [-0.4, -0.2) is 14.5 Å². The van der Waals surface area contributed by atoms with E-state index in [2.05, 4.69) is 9.97 Å². The molecule has 0 aliphatic carbocycles. The molecule has 0 amide bonds. The van der Waals surface area contributed by atoms with E-state index in [1.54, 1.807) is 22.9 Å². The van der Waals surface area contributed by atoms with E-state index in [9.17, 15) is 4.79 Å². The Balaban J connectivity index is 2.41. The van der Waals surface area contributed by atoms with Gasteiger partial charge >= 0.3 is 0 Å². The van der Waals surface area contributed by atoms with Crippen molar-refractivity contribution in [1.29, 1.82) is 0 Å². The van der Waals surface area contributed by atoms with Gasteiger partial charge in [0, 0.05) is 6.20 Å². The lowest BCUT2D eigenvalue weighted by Gasteiger charge is -2.09. The fourth-order valence-corrected chi connectivity index (χ4v) is 2.00. The van der Waals surface area contributed by atoms with E-state index < -0.39 is 0 Å². The standard InChI is InChI=1S/C14H11N3O/c1-10-16-13-12(8-5-9-15-13)14(18)17(10)11-6-3-2-4-7-11/h2-9H,1H3. The Labute approximate surface area is 104 Å². The van der Waals surface area contributed by atoms with Gasteiger partial charge in [-0.1, -0.05) is 18.2 Å². The largest absolute Gasteiger partial charge is 0.268 e. The summed E-state index contributed by atoms with van der Waals surface area (Å²) in [6.45, 7) is 1.81. The highest BCUT2D eigenvalue weighted by molar-refractivity contribution is 5.73. The summed E-state index contributed by atoms with van der Waals surface area (Å²) in [4.78, 5) is 20.9. The third-order valence-corrected chi connectivity index (χ3v) is 2.83. The lowest BCUT2D eigenvalue weighted by atomic mass is 10.3. The molecule has 0 bridgehead atoms. The van der Waals surface area contributed by atoms with Gasteiger partial charge in [-0.15, -0.1) is 0 Å². The Kier molecular flexibility index (Phi) is 2.41. The second-order valence-corrected chi connectivity index (χ2v) is 4.01. The molecule has 0 N–H and O–H groups in total. The molecule has 2 aromatic heterocycles. The molecule has 0 unspecified atom stereocenters. The maximum atomic E-state index is 12.4. The summed E-state index contributed by atoms with van der Waals surface area (Å²) in [7, 11) is 0. The molecule has 0 saturated heterocycles. The van der Waals surface area contributed by atoms with Crippen LogP contribution in [0.15, 0.2) is 53.5 Å². The van der Waals surface area contributed by atoms with Crippen molar-refractivity contribution in [2.24, 2.45) is 0 Å². The summed E-state index contributed by atoms with van der Waals surface area (Å²) >= 11 is 0. The number of nitrogens with zero attached hydrogens (tertiary/aromatic N) is 3. The van der Waals surface area contributed by atoms with E-state index in [0.717, 1.165) is 5.69 Å². The quantitative estimate of drug-likeness (QED) is 0.651. The van der Waals surface area contributed by atoms with Gasteiger partial charge in [0.2, 0.25) is 0 Å². The molecule has 4 heteroatoms. The number of rotatable bonds is 1. The van der Waals surface area contributed by atoms with Crippen molar-refractivity contribution in [1.82, 2.24) is 14.5 Å². The lowest BCUT2D eigenvalue weighted by molar-refractivity contribution is 0.889. The molecular formula is C14H11N3O. The van der Waals surface area contributed by atoms with Crippen molar-refractivity contribution in [2.75, 3.05) is 0 Å². The molecule has 2 heterocycles. The van der Waals surface area contributed by atoms with Gasteiger partial charge in [0.1, 0.15) is 5.82 Å². The maximum Gasteiger partial charge on any atom is 0.267 e. The Morgan fingerprint density at radius 3 is 2.61 bits per heavy atom. The van der Waals surface area contributed by atoms with Gasteiger partial charge in [0.05, 0.1) is 11.1 Å². The Morgan fingerprint density at radius 1 is 1.06 bits per heavy atom. The average molecular weight is 237 g/mol. The molecule has 0 atom stereocenters. The van der Waals surface area contributed by atoms with Crippen LogP contribution < -0.4 is 5.56 Å². The Hall–Kier alpha value is -2.49. The number of fused-ring (bicyclic) bond motifs is 1. The third-order valence-electron chi connectivity index (χ3n) is 2.83. The summed E-state index contributed by atoms with van der Waals surface area (Å²) in [5.41, 5.74) is 1.22. The first-order valence-corrected chi connectivity index (χ1v) is 5.67. The van der Waals surface area contributed by atoms with E-state index in [-0.39, 0.29) is 5.56 Å². The molecule has 0 fully saturated rings. The molecule has 88 valence electrons. The molecule has 0 saturated carbocycles. The van der Waals surface area contributed by atoms with E-state index in [1.807, 2.05) is 37.3 Å². The van der Waals surface area contributed by atoms with Crippen LogP contribution >= 0.6 is 0 Å². The second kappa shape index (κ2) is 4.07. The van der Waals surface area contributed by atoms with Gasteiger partial charge in [-0.2, -0.15) is 0 Å². The van der Waals surface area contributed by atoms with Gasteiger partial charge in [-0.3, -0.25) is 9.36 Å². The van der Waals surface area contributed by atoms with E-state index in [4.69, 9.17) is 0 Å². The number of hydrogen-bond acceptors (Lipinski definition) is 3. The number of pyridine rings is 1. The fourth-order valence-electron chi connectivity index (χ4n) is 2.00. The molecule has 3 rings (SSSR count). The molecule has 0 aliphatic rings. The molecule has 0 spiro atoms. The van der Waals surface area contributed by atoms with Gasteiger partial charge in [-0.05, 0) is 31.2 Å². The monoisotopic (exact) mass is 237 g/mol. The van der Waals surface area contributed by atoms with Crippen molar-refractivity contribution < 1.29 is 0 Å². The summed E-state index contributed by atoms with van der Waals surface area (Å²) in [5.74, 6) is 0.636. The minimum absolute atomic E-state index is 0.0863. The smallest absolute Gasteiger partial charge is 0.267 e. The van der Waals surface area contributed by atoms with Crippen LogP contribution in [0.3, 0.4) is 0 Å². The normalized spacial score (nSPS) is 10.7. The number of benzene rings is 1. The van der Waals surface area contributed by atoms with Gasteiger partial charge < -0.3 is 0 Å². The van der Waals surface area contributed by atoms with E-state index in [0.29, 0.717) is 16.9 Å². The highest BCUT2D eigenvalue weighted by atomic mass is 16.1. The van der Waals surface area contributed by atoms with E-state index >= 15 is 0 Å². The maximum absolute atomic E-state index is 12.4. The zero-order valence-corrected chi connectivity index (χ0v) is 9.87. The van der Waals surface area contributed by atoms with Crippen LogP contribution in [0.25, 0.3) is 16.7 Å². The van der Waals surface area contributed by atoms with Crippen molar-refractivity contribution in [3.63, 3.8) is 0 Å². The molecular weight excluding hydrogens is 226 g/mol. The number of hydrogen-bond donors (Lipinski definition) is 0. The molecule has 3 aromatic rings. The highest BCUT2D eigenvalue weighted by Gasteiger charge is 2.09. The number of para-hydroxylation sites is 1. The van der Waals surface area contributed by atoms with Gasteiger partial charge in [0.15, 0.2) is 5.65 Å². The van der Waals surface area contributed by atoms with Crippen LogP contribution in [0.1, 0.15) is 5.82 Å². The summed E-state index contributed by atoms with van der Waals surface area (Å²) < 4.78 is 1.60. The SMILES string of the molecule is Cc1nc2ncccc2c(=O)n1-c1ccccc1. The molecule has 0 radical (unpaired) electrons. The highest BCUT2D eigenvalue weighted by Crippen LogP contribution is 2.10. The molecule has 18 heavy (non-hydrogen) atoms. The van der Waals surface area contributed by atoms with Crippen LogP contribution in [-0.2, 0) is 0 Å². The van der Waals surface area contributed by atoms with Crippen LogP contribution in [0.5, 0.6) is 0 Å². The minimum Gasteiger partial charge on any atom is -0.268 e. The van der Waals surface area contributed by atoms with Gasteiger partial charge in [0.25, 0.3) is 5.56 Å². The summed E-state index contributed by atoms with van der Waals surface area (Å²) in [6, 6.07) is 13.0. The zero-order chi connectivity index (χ0) is 12.5. The van der Waals surface area contributed by atoms with E-state index in [1.165, 1.54) is 0 Å². The number of aromatic nitrogens is 3. The number of aryl methyl sites for hydroxylation is 1. The van der Waals surface area contributed by atoms with Crippen LogP contribution in [0, 0.1) is 6.92 Å². The summed E-state index contributed by atoms with van der Waals surface area (Å²) in [5, 5.41) is 0.534. The predicted molar refractivity (Wildman–Crippen MR) is 69.9 cm³/mol. The van der Waals surface area contributed by atoms with Crippen molar-refractivity contribution in [3.8, 4) is 5.69 Å². The predicted octanol–water partition coefficient (Wildman–Crippen LogP) is 2.09. The first kappa shape index (κ1) is 10.7. The molecule has 1 aromatic carbocycles. The summed E-state index contributed by atoms with van der Waals surface area (Å²) in [6.07, 6.45) is 1.64. The zero-order valence-electron chi connectivity index (χ0n) is 9.87.